The number of nitrogens with one attached hydrogen (secondary N) is 3. The molecule has 0 aliphatic heterocycles. The predicted molar refractivity (Wildman–Crippen MR) is 70.1 cm³/mol. The lowest BCUT2D eigenvalue weighted by Crippen LogP contribution is -2.13. The normalized spacial score (nSPS) is 11.4. The summed E-state index contributed by atoms with van der Waals surface area (Å²) in [7, 11) is -3.49. The van der Waals surface area contributed by atoms with Crippen LogP contribution in [-0.2, 0) is 10.0 Å². The van der Waals surface area contributed by atoms with Crippen molar-refractivity contribution in [2.75, 3.05) is 9.93 Å². The van der Waals surface area contributed by atoms with Crippen molar-refractivity contribution in [3.63, 3.8) is 0 Å². The monoisotopic (exact) mass is 287 g/mol. The predicted octanol–water partition coefficient (Wildman–Crippen LogP) is 1.31. The summed E-state index contributed by atoms with van der Waals surface area (Å²) < 4.78 is 24.8. The van der Waals surface area contributed by atoms with Gasteiger partial charge < -0.3 is 0 Å². The third-order valence-electron chi connectivity index (χ3n) is 2.21. The van der Waals surface area contributed by atoms with Crippen LogP contribution in [0.3, 0.4) is 0 Å². The summed E-state index contributed by atoms with van der Waals surface area (Å²) >= 11 is 5.28. The van der Waals surface area contributed by atoms with Crippen LogP contribution in [0.5, 0.6) is 0 Å². The van der Waals surface area contributed by atoms with Gasteiger partial charge in [-0.2, -0.15) is 0 Å². The van der Waals surface area contributed by atoms with E-state index in [2.05, 4.69) is 14.9 Å². The van der Waals surface area contributed by atoms with E-state index >= 15 is 0 Å². The van der Waals surface area contributed by atoms with Crippen LogP contribution in [-0.4, -0.2) is 23.8 Å². The van der Waals surface area contributed by atoms with Crippen LogP contribution in [0, 0.1) is 0 Å². The van der Waals surface area contributed by atoms with Crippen molar-refractivity contribution < 1.29 is 8.42 Å². The van der Waals surface area contributed by atoms with Gasteiger partial charge in [-0.1, -0.05) is 12.1 Å². The number of hydrogen-bond donors (Lipinski definition) is 3. The smallest absolute Gasteiger partial charge is 0.264 e. The molecule has 0 radical (unpaired) electrons. The molecule has 1 heterocycles. The molecule has 0 unspecified atom stereocenters. The lowest BCUT2D eigenvalue weighted by atomic mass is 10.1. The van der Waals surface area contributed by atoms with E-state index in [0.29, 0.717) is 11.4 Å². The standard InChI is InChI=1S/C10H10ClN3O3S/c11-6-18(16,17)14-8-3-1-7(2-4-8)9-5-10(15)13-12-9/h1-5,14H,6H2,(H2,12,13,15). The summed E-state index contributed by atoms with van der Waals surface area (Å²) in [6.45, 7) is 0. The van der Waals surface area contributed by atoms with Crippen molar-refractivity contribution in [1.82, 2.24) is 10.2 Å². The van der Waals surface area contributed by atoms with Gasteiger partial charge in [-0.3, -0.25) is 19.7 Å². The first kappa shape index (κ1) is 12.7. The van der Waals surface area contributed by atoms with Crippen LogP contribution in [0.4, 0.5) is 5.69 Å². The number of aromatic amines is 2. The summed E-state index contributed by atoms with van der Waals surface area (Å²) in [4.78, 5) is 11.0. The Morgan fingerprint density at radius 1 is 1.17 bits per heavy atom. The van der Waals surface area contributed by atoms with E-state index in [1.807, 2.05) is 0 Å². The van der Waals surface area contributed by atoms with Gasteiger partial charge in [0.1, 0.15) is 5.21 Å². The van der Waals surface area contributed by atoms with Crippen LogP contribution in [0.15, 0.2) is 35.1 Å². The summed E-state index contributed by atoms with van der Waals surface area (Å²) in [5.41, 5.74) is 1.59. The molecule has 2 aromatic rings. The van der Waals surface area contributed by atoms with E-state index in [4.69, 9.17) is 11.6 Å². The average Bonchev–Trinajstić information content (AvgIpc) is 2.76. The second-order valence-corrected chi connectivity index (χ2v) is 5.88. The molecule has 0 aliphatic carbocycles. The van der Waals surface area contributed by atoms with E-state index in [1.165, 1.54) is 6.07 Å². The van der Waals surface area contributed by atoms with Gasteiger partial charge in [-0.05, 0) is 17.7 Å². The molecule has 96 valence electrons. The molecule has 18 heavy (non-hydrogen) atoms. The molecule has 0 saturated heterocycles. The molecule has 0 aliphatic rings. The molecular weight excluding hydrogens is 278 g/mol. The molecule has 2 rings (SSSR count). The van der Waals surface area contributed by atoms with Crippen molar-refractivity contribution in [1.29, 1.82) is 0 Å². The molecule has 3 N–H and O–H groups in total. The maximum Gasteiger partial charge on any atom is 0.264 e. The molecule has 0 bridgehead atoms. The highest BCUT2D eigenvalue weighted by molar-refractivity contribution is 7.93. The number of sulfonamides is 1. The largest absolute Gasteiger partial charge is 0.298 e. The molecule has 0 atom stereocenters. The number of rotatable bonds is 4. The topological polar surface area (TPSA) is 94.8 Å². The van der Waals surface area contributed by atoms with Gasteiger partial charge in [0.05, 0.1) is 5.69 Å². The third kappa shape index (κ3) is 2.93. The molecule has 8 heteroatoms. The van der Waals surface area contributed by atoms with Crippen molar-refractivity contribution in [3.05, 3.63) is 40.7 Å². The molecule has 1 aromatic heterocycles. The van der Waals surface area contributed by atoms with E-state index in [1.54, 1.807) is 24.3 Å². The van der Waals surface area contributed by atoms with E-state index < -0.39 is 15.2 Å². The summed E-state index contributed by atoms with van der Waals surface area (Å²) in [5, 5.41) is 4.62. The molecule has 0 spiro atoms. The van der Waals surface area contributed by atoms with E-state index in [-0.39, 0.29) is 5.56 Å². The molecule has 0 fully saturated rings. The number of halogens is 1. The number of benzene rings is 1. The van der Waals surface area contributed by atoms with Gasteiger partial charge in [0.2, 0.25) is 10.0 Å². The molecule has 6 nitrogen and oxygen atoms in total. The summed E-state index contributed by atoms with van der Waals surface area (Å²) in [5.74, 6) is 0. The zero-order chi connectivity index (χ0) is 13.2. The molecule has 0 amide bonds. The Morgan fingerprint density at radius 2 is 1.83 bits per heavy atom. The minimum atomic E-state index is -3.49. The van der Waals surface area contributed by atoms with Gasteiger partial charge in [0.15, 0.2) is 0 Å². The zero-order valence-electron chi connectivity index (χ0n) is 9.10. The molecule has 1 aromatic carbocycles. The number of H-pyrrole nitrogens is 2. The van der Waals surface area contributed by atoms with Crippen LogP contribution in [0.1, 0.15) is 0 Å². The third-order valence-corrected chi connectivity index (χ3v) is 3.90. The fourth-order valence-electron chi connectivity index (χ4n) is 1.41. The Kier molecular flexibility index (Phi) is 3.44. The first-order valence-corrected chi connectivity index (χ1v) is 7.13. The van der Waals surface area contributed by atoms with Crippen LogP contribution < -0.4 is 10.3 Å². The highest BCUT2D eigenvalue weighted by Gasteiger charge is 2.08. The van der Waals surface area contributed by atoms with Crippen LogP contribution in [0.2, 0.25) is 0 Å². The van der Waals surface area contributed by atoms with Crippen molar-refractivity contribution in [2.24, 2.45) is 0 Å². The second-order valence-electron chi connectivity index (χ2n) is 3.58. The van der Waals surface area contributed by atoms with Crippen molar-refractivity contribution in [3.8, 4) is 11.3 Å². The Bertz CT molecular complexity index is 688. The number of alkyl halides is 1. The van der Waals surface area contributed by atoms with Gasteiger partial charge in [-0.25, -0.2) is 8.42 Å². The highest BCUT2D eigenvalue weighted by Crippen LogP contribution is 2.18. The Balaban J connectivity index is 2.23. The lowest BCUT2D eigenvalue weighted by molar-refractivity contribution is 0.605. The Morgan fingerprint density at radius 3 is 2.33 bits per heavy atom. The summed E-state index contributed by atoms with van der Waals surface area (Å²) in [6, 6.07) is 7.96. The van der Waals surface area contributed by atoms with Gasteiger partial charge in [0.25, 0.3) is 5.56 Å². The maximum atomic E-state index is 11.2. The highest BCUT2D eigenvalue weighted by atomic mass is 35.5. The zero-order valence-corrected chi connectivity index (χ0v) is 10.7. The van der Waals surface area contributed by atoms with Crippen LogP contribution >= 0.6 is 11.6 Å². The first-order chi connectivity index (χ1) is 8.50. The van der Waals surface area contributed by atoms with Crippen molar-refractivity contribution in [2.45, 2.75) is 0 Å². The SMILES string of the molecule is O=c1cc(-c2ccc(NS(=O)(=O)CCl)cc2)[nH][nH]1. The van der Waals surface area contributed by atoms with Crippen molar-refractivity contribution >= 4 is 27.3 Å². The quantitative estimate of drug-likeness (QED) is 0.740. The second kappa shape index (κ2) is 4.87. The van der Waals surface area contributed by atoms with Gasteiger partial charge in [-0.15, -0.1) is 11.6 Å². The maximum absolute atomic E-state index is 11.2. The van der Waals surface area contributed by atoms with E-state index in [9.17, 15) is 13.2 Å². The molecule has 0 saturated carbocycles. The number of hydrogen-bond acceptors (Lipinski definition) is 3. The molecular formula is C10H10ClN3O3S. The van der Waals surface area contributed by atoms with E-state index in [0.717, 1.165) is 5.56 Å². The summed E-state index contributed by atoms with van der Waals surface area (Å²) in [6.07, 6.45) is 0. The lowest BCUT2D eigenvalue weighted by Gasteiger charge is -2.05. The number of anilines is 1. The average molecular weight is 288 g/mol. The number of aromatic nitrogens is 2. The van der Waals surface area contributed by atoms with Crippen LogP contribution in [0.25, 0.3) is 11.3 Å². The fraction of sp³-hybridized carbons (Fsp3) is 0.100. The fourth-order valence-corrected chi connectivity index (χ4v) is 2.13. The minimum Gasteiger partial charge on any atom is -0.298 e. The van der Waals surface area contributed by atoms with Gasteiger partial charge >= 0.3 is 0 Å². The van der Waals surface area contributed by atoms with Gasteiger partial charge in [0, 0.05) is 11.8 Å². The Labute approximate surface area is 108 Å². The Hall–Kier alpha value is -1.73. The minimum absolute atomic E-state index is 0.225. The first-order valence-electron chi connectivity index (χ1n) is 4.95.